The number of likely N-dealkylation sites (tertiary alicyclic amines) is 1. The molecule has 3 rings (SSSR count). The fraction of sp³-hybridized carbons (Fsp3) is 0.652. The van der Waals surface area contributed by atoms with Gasteiger partial charge in [0.15, 0.2) is 0 Å². The first-order chi connectivity index (χ1) is 16.9. The standard InChI is InChI=1S/C21H34N4O3S.C2HF3O2/c1-19-6-4-7-20(18-19)29(27,28)25(14-5-13-23-11-2-3-12-23)15-8-21(26)24-16-9-22-10-17-24;3-2(4,5)1(6)7/h4,6-7,18,22H,2-3,5,8-17H2,1H3;(H,6,7). The molecule has 0 atom stereocenters. The number of nitrogens with zero attached hydrogens (tertiary/aromatic N) is 3. The number of sulfonamides is 1. The summed E-state index contributed by atoms with van der Waals surface area (Å²) in [5.41, 5.74) is 0.917. The van der Waals surface area contributed by atoms with Crippen LogP contribution >= 0.6 is 0 Å². The summed E-state index contributed by atoms with van der Waals surface area (Å²) in [5, 5.41) is 10.4. The van der Waals surface area contributed by atoms with Crippen molar-refractivity contribution in [3.63, 3.8) is 0 Å². The third-order valence-electron chi connectivity index (χ3n) is 6.00. The molecule has 0 aromatic heterocycles. The van der Waals surface area contributed by atoms with Gasteiger partial charge in [-0.15, -0.1) is 0 Å². The summed E-state index contributed by atoms with van der Waals surface area (Å²) in [6.45, 7) is 8.67. The van der Waals surface area contributed by atoms with Crippen molar-refractivity contribution in [1.82, 2.24) is 19.4 Å². The quantitative estimate of drug-likeness (QED) is 0.496. The Morgan fingerprint density at radius 1 is 1.08 bits per heavy atom. The minimum Gasteiger partial charge on any atom is -0.475 e. The van der Waals surface area contributed by atoms with E-state index in [1.54, 1.807) is 18.2 Å². The lowest BCUT2D eigenvalue weighted by Gasteiger charge is -2.29. The number of rotatable bonds is 9. The predicted octanol–water partition coefficient (Wildman–Crippen LogP) is 1.93. The van der Waals surface area contributed by atoms with Gasteiger partial charge in [0.2, 0.25) is 15.9 Å². The second-order valence-corrected chi connectivity index (χ2v) is 10.7. The maximum atomic E-state index is 13.3. The van der Waals surface area contributed by atoms with Crippen LogP contribution in [0.3, 0.4) is 0 Å². The van der Waals surface area contributed by atoms with Crippen LogP contribution in [0.25, 0.3) is 0 Å². The van der Waals surface area contributed by atoms with Crippen LogP contribution in [0.5, 0.6) is 0 Å². The molecule has 2 aliphatic heterocycles. The van der Waals surface area contributed by atoms with Gasteiger partial charge in [-0.25, -0.2) is 13.2 Å². The summed E-state index contributed by atoms with van der Waals surface area (Å²) >= 11 is 0. The highest BCUT2D eigenvalue weighted by atomic mass is 32.2. The summed E-state index contributed by atoms with van der Waals surface area (Å²) < 4.78 is 59.8. The summed E-state index contributed by atoms with van der Waals surface area (Å²) in [4.78, 5) is 26.0. The summed E-state index contributed by atoms with van der Waals surface area (Å²) in [5.74, 6) is -2.72. The number of aryl methyl sites for hydroxylation is 1. The van der Waals surface area contributed by atoms with Crippen LogP contribution in [0.1, 0.15) is 31.2 Å². The number of benzene rings is 1. The molecule has 13 heteroatoms. The number of nitrogens with one attached hydrogen (secondary N) is 1. The second-order valence-electron chi connectivity index (χ2n) is 8.81. The normalized spacial score (nSPS) is 17.1. The van der Waals surface area contributed by atoms with E-state index in [-0.39, 0.29) is 18.9 Å². The van der Waals surface area contributed by atoms with Gasteiger partial charge in [-0.3, -0.25) is 4.79 Å². The Morgan fingerprint density at radius 3 is 2.25 bits per heavy atom. The van der Waals surface area contributed by atoms with Crippen molar-refractivity contribution in [3.05, 3.63) is 29.8 Å². The molecule has 0 aliphatic carbocycles. The number of piperazine rings is 1. The first-order valence-corrected chi connectivity index (χ1v) is 13.4. The number of alkyl halides is 3. The summed E-state index contributed by atoms with van der Waals surface area (Å²) in [6, 6.07) is 7.02. The van der Waals surface area contributed by atoms with Crippen molar-refractivity contribution in [1.29, 1.82) is 0 Å². The van der Waals surface area contributed by atoms with Gasteiger partial charge in [0.05, 0.1) is 4.90 Å². The molecule has 9 nitrogen and oxygen atoms in total. The van der Waals surface area contributed by atoms with E-state index in [0.717, 1.165) is 44.7 Å². The molecule has 0 bridgehead atoms. The molecule has 204 valence electrons. The zero-order chi connectivity index (χ0) is 26.8. The van der Waals surface area contributed by atoms with Gasteiger partial charge in [0.25, 0.3) is 0 Å². The first kappa shape index (κ1) is 30.0. The van der Waals surface area contributed by atoms with E-state index in [4.69, 9.17) is 9.90 Å². The van der Waals surface area contributed by atoms with Crippen molar-refractivity contribution >= 4 is 21.9 Å². The summed E-state index contributed by atoms with van der Waals surface area (Å²) in [6.07, 6.45) is -1.61. The molecular weight excluding hydrogens is 501 g/mol. The van der Waals surface area contributed by atoms with Gasteiger partial charge < -0.3 is 20.2 Å². The number of carboxylic acid groups (broad SMARTS) is 1. The maximum Gasteiger partial charge on any atom is 0.490 e. The Kier molecular flexibility index (Phi) is 11.6. The largest absolute Gasteiger partial charge is 0.490 e. The van der Waals surface area contributed by atoms with Crippen LogP contribution in [-0.2, 0) is 19.6 Å². The number of hydrogen-bond donors (Lipinski definition) is 2. The highest BCUT2D eigenvalue weighted by Crippen LogP contribution is 2.19. The summed E-state index contributed by atoms with van der Waals surface area (Å²) in [7, 11) is -3.61. The maximum absolute atomic E-state index is 13.3. The van der Waals surface area contributed by atoms with Crippen molar-refractivity contribution in [2.75, 3.05) is 58.9 Å². The Bertz CT molecular complexity index is 963. The Morgan fingerprint density at radius 2 is 1.69 bits per heavy atom. The molecule has 2 aliphatic rings. The van der Waals surface area contributed by atoms with E-state index < -0.39 is 22.2 Å². The number of amides is 1. The predicted molar refractivity (Wildman–Crippen MR) is 128 cm³/mol. The molecule has 2 heterocycles. The van der Waals surface area contributed by atoms with Gasteiger partial charge in [-0.1, -0.05) is 12.1 Å². The van der Waals surface area contributed by atoms with Crippen LogP contribution in [0, 0.1) is 6.92 Å². The van der Waals surface area contributed by atoms with Crippen molar-refractivity contribution < 1.29 is 36.3 Å². The van der Waals surface area contributed by atoms with Gasteiger partial charge in [0, 0.05) is 45.7 Å². The molecule has 0 saturated carbocycles. The molecule has 2 N–H and O–H groups in total. The number of aliphatic carboxylic acids is 1. The minimum atomic E-state index is -5.08. The smallest absolute Gasteiger partial charge is 0.475 e. The zero-order valence-corrected chi connectivity index (χ0v) is 21.3. The lowest BCUT2D eigenvalue weighted by Crippen LogP contribution is -2.47. The number of carbonyl (C=O) groups is 2. The lowest BCUT2D eigenvalue weighted by atomic mass is 10.2. The Labute approximate surface area is 210 Å². The third kappa shape index (κ3) is 9.68. The number of carbonyl (C=O) groups excluding carboxylic acids is 1. The SMILES string of the molecule is Cc1cccc(S(=O)(=O)N(CCCN2CCCC2)CCC(=O)N2CCNCC2)c1.O=C(O)C(F)(F)F. The second kappa shape index (κ2) is 13.9. The molecule has 1 aromatic rings. The molecular formula is C23H35F3N4O5S. The van der Waals surface area contributed by atoms with Crippen LogP contribution < -0.4 is 5.32 Å². The highest BCUT2D eigenvalue weighted by Gasteiger charge is 2.38. The topological polar surface area (TPSA) is 110 Å². The molecule has 2 saturated heterocycles. The van der Waals surface area contributed by atoms with E-state index in [1.165, 1.54) is 17.1 Å². The van der Waals surface area contributed by atoms with E-state index in [2.05, 4.69) is 10.2 Å². The zero-order valence-electron chi connectivity index (χ0n) is 20.5. The average Bonchev–Trinajstić information content (AvgIpc) is 3.35. The van der Waals surface area contributed by atoms with Crippen LogP contribution in [-0.4, -0.2) is 105 Å². The van der Waals surface area contributed by atoms with Crippen molar-refractivity contribution in [2.24, 2.45) is 0 Å². The highest BCUT2D eigenvalue weighted by molar-refractivity contribution is 7.89. The van der Waals surface area contributed by atoms with Crippen LogP contribution in [0.15, 0.2) is 29.2 Å². The Hall–Kier alpha value is -2.22. The van der Waals surface area contributed by atoms with Gasteiger partial charge in [-0.05, 0) is 63.5 Å². The van der Waals surface area contributed by atoms with E-state index in [1.807, 2.05) is 17.9 Å². The number of hydrogen-bond acceptors (Lipinski definition) is 6. The van der Waals surface area contributed by atoms with Gasteiger partial charge in [-0.2, -0.15) is 17.5 Å². The van der Waals surface area contributed by atoms with Crippen molar-refractivity contribution in [2.45, 2.75) is 43.7 Å². The molecule has 0 spiro atoms. The lowest BCUT2D eigenvalue weighted by molar-refractivity contribution is -0.192. The van der Waals surface area contributed by atoms with Crippen molar-refractivity contribution in [3.8, 4) is 0 Å². The third-order valence-corrected chi connectivity index (χ3v) is 7.89. The van der Waals surface area contributed by atoms with Gasteiger partial charge >= 0.3 is 12.1 Å². The van der Waals surface area contributed by atoms with E-state index >= 15 is 0 Å². The number of halogens is 3. The van der Waals surface area contributed by atoms with Crippen LogP contribution in [0.4, 0.5) is 13.2 Å². The molecule has 0 radical (unpaired) electrons. The molecule has 1 amide bonds. The number of carboxylic acids is 1. The van der Waals surface area contributed by atoms with E-state index in [0.29, 0.717) is 24.5 Å². The Balaban J connectivity index is 0.000000572. The molecule has 0 unspecified atom stereocenters. The fourth-order valence-corrected chi connectivity index (χ4v) is 5.63. The monoisotopic (exact) mass is 536 g/mol. The van der Waals surface area contributed by atoms with E-state index in [9.17, 15) is 26.4 Å². The minimum absolute atomic E-state index is 0.0375. The molecule has 1 aromatic carbocycles. The van der Waals surface area contributed by atoms with Gasteiger partial charge in [0.1, 0.15) is 0 Å². The average molecular weight is 537 g/mol. The molecule has 36 heavy (non-hydrogen) atoms. The fourth-order valence-electron chi connectivity index (χ4n) is 4.05. The van der Waals surface area contributed by atoms with Crippen LogP contribution in [0.2, 0.25) is 0 Å². The molecule has 2 fully saturated rings. The first-order valence-electron chi connectivity index (χ1n) is 12.0.